The molecular weight excluding hydrogens is 507 g/mol. The van der Waals surface area contributed by atoms with Crippen LogP contribution in [-0.2, 0) is 15.6 Å². The van der Waals surface area contributed by atoms with E-state index in [0.29, 0.717) is 24.0 Å². The van der Waals surface area contributed by atoms with Gasteiger partial charge in [0.25, 0.3) is 10.0 Å². The van der Waals surface area contributed by atoms with Crippen LogP contribution in [0.15, 0.2) is 82.6 Å². The fraction of sp³-hybridized carbons (Fsp3) is 0.259. The Hall–Kier alpha value is -2.93. The molecule has 1 atom stereocenters. The van der Waals surface area contributed by atoms with Crippen molar-refractivity contribution in [2.24, 2.45) is 0 Å². The molecule has 0 aliphatic heterocycles. The lowest BCUT2D eigenvalue weighted by Crippen LogP contribution is -2.41. The number of alkyl halides is 3. The van der Waals surface area contributed by atoms with Gasteiger partial charge in [-0.25, -0.2) is 8.42 Å². The SMILES string of the molecule is CSc1ccc(C#CC(O)(c2cccc(N(C3CC3)S(=O)(=O)c3ccccc3C)c2)C(F)(F)F)cc1. The van der Waals surface area contributed by atoms with Crippen molar-refractivity contribution in [2.75, 3.05) is 10.6 Å². The predicted molar refractivity (Wildman–Crippen MR) is 135 cm³/mol. The van der Waals surface area contributed by atoms with Crippen LogP contribution < -0.4 is 4.31 Å². The van der Waals surface area contributed by atoms with Crippen molar-refractivity contribution in [1.82, 2.24) is 0 Å². The van der Waals surface area contributed by atoms with Crippen LogP contribution in [0.1, 0.15) is 29.5 Å². The number of benzene rings is 3. The average molecular weight is 532 g/mol. The summed E-state index contributed by atoms with van der Waals surface area (Å²) in [6, 6.07) is 17.6. The van der Waals surface area contributed by atoms with Gasteiger partial charge in [-0.1, -0.05) is 36.3 Å². The Morgan fingerprint density at radius 3 is 2.25 bits per heavy atom. The van der Waals surface area contributed by atoms with Gasteiger partial charge in [-0.15, -0.1) is 11.8 Å². The van der Waals surface area contributed by atoms with Crippen LogP contribution in [0, 0.1) is 18.8 Å². The van der Waals surface area contributed by atoms with Crippen LogP contribution in [0.3, 0.4) is 0 Å². The molecule has 1 N–H and O–H groups in total. The van der Waals surface area contributed by atoms with E-state index >= 15 is 0 Å². The van der Waals surface area contributed by atoms with Crippen molar-refractivity contribution in [3.63, 3.8) is 0 Å². The lowest BCUT2D eigenvalue weighted by atomic mass is 9.92. The maximum atomic E-state index is 14.2. The van der Waals surface area contributed by atoms with Gasteiger partial charge in [0.2, 0.25) is 5.60 Å². The summed E-state index contributed by atoms with van der Waals surface area (Å²) in [5, 5.41) is 10.8. The third kappa shape index (κ3) is 5.12. The van der Waals surface area contributed by atoms with Crippen molar-refractivity contribution < 1.29 is 26.7 Å². The summed E-state index contributed by atoms with van der Waals surface area (Å²) in [7, 11) is -4.05. The molecule has 4 nitrogen and oxygen atoms in total. The number of hydrogen-bond donors (Lipinski definition) is 1. The number of aliphatic hydroxyl groups is 1. The quantitative estimate of drug-likeness (QED) is 0.319. The zero-order chi connectivity index (χ0) is 26.1. The molecule has 188 valence electrons. The maximum absolute atomic E-state index is 14.2. The van der Waals surface area contributed by atoms with Crippen LogP contribution in [0.25, 0.3) is 0 Å². The molecule has 0 heterocycles. The van der Waals surface area contributed by atoms with Crippen LogP contribution in [0.2, 0.25) is 0 Å². The topological polar surface area (TPSA) is 57.6 Å². The molecule has 1 aliphatic rings. The first-order valence-electron chi connectivity index (χ1n) is 11.1. The first-order chi connectivity index (χ1) is 17.0. The number of hydrogen-bond acceptors (Lipinski definition) is 4. The van der Waals surface area contributed by atoms with E-state index in [9.17, 15) is 26.7 Å². The van der Waals surface area contributed by atoms with Gasteiger partial charge in [-0.3, -0.25) is 4.31 Å². The molecule has 1 unspecified atom stereocenters. The van der Waals surface area contributed by atoms with Crippen molar-refractivity contribution >= 4 is 27.5 Å². The van der Waals surface area contributed by atoms with Crippen molar-refractivity contribution in [2.45, 2.75) is 47.4 Å². The second kappa shape index (κ2) is 9.85. The molecule has 0 amide bonds. The van der Waals surface area contributed by atoms with Gasteiger partial charge in [0, 0.05) is 22.1 Å². The van der Waals surface area contributed by atoms with E-state index in [-0.39, 0.29) is 16.6 Å². The number of halogens is 3. The summed E-state index contributed by atoms with van der Waals surface area (Å²) in [5.74, 6) is 4.43. The third-order valence-electron chi connectivity index (χ3n) is 5.92. The number of sulfonamides is 1. The molecule has 1 saturated carbocycles. The zero-order valence-electron chi connectivity index (χ0n) is 19.6. The number of rotatable bonds is 6. The van der Waals surface area contributed by atoms with Gasteiger partial charge in [0.15, 0.2) is 0 Å². The summed E-state index contributed by atoms with van der Waals surface area (Å²) in [4.78, 5) is 1.01. The van der Waals surface area contributed by atoms with Crippen molar-refractivity contribution in [1.29, 1.82) is 0 Å². The van der Waals surface area contributed by atoms with Crippen molar-refractivity contribution in [3.8, 4) is 11.8 Å². The van der Waals surface area contributed by atoms with Gasteiger partial charge in [0.1, 0.15) is 0 Å². The number of aryl methyl sites for hydroxylation is 1. The summed E-state index contributed by atoms with van der Waals surface area (Å²) in [5.41, 5.74) is -3.15. The summed E-state index contributed by atoms with van der Waals surface area (Å²) >= 11 is 1.48. The second-order valence-corrected chi connectivity index (χ2v) is 11.2. The van der Waals surface area contributed by atoms with E-state index in [1.165, 1.54) is 30.0 Å². The number of nitrogens with zero attached hydrogens (tertiary/aromatic N) is 1. The molecule has 0 saturated heterocycles. The molecule has 4 rings (SSSR count). The van der Waals surface area contributed by atoms with E-state index in [0.717, 1.165) is 21.3 Å². The Morgan fingerprint density at radius 1 is 1.00 bits per heavy atom. The molecule has 3 aromatic carbocycles. The Kier molecular flexibility index (Phi) is 7.15. The van der Waals surface area contributed by atoms with Gasteiger partial charge in [0.05, 0.1) is 10.6 Å². The van der Waals surface area contributed by atoms with Gasteiger partial charge in [-0.2, -0.15) is 13.2 Å². The van der Waals surface area contributed by atoms with E-state index in [2.05, 4.69) is 5.92 Å². The molecule has 0 aromatic heterocycles. The second-order valence-electron chi connectivity index (χ2n) is 8.53. The largest absolute Gasteiger partial charge is 0.433 e. The van der Waals surface area contributed by atoms with Crippen molar-refractivity contribution in [3.05, 3.63) is 89.5 Å². The first-order valence-corrected chi connectivity index (χ1v) is 13.8. The molecule has 9 heteroatoms. The Labute approximate surface area is 213 Å². The highest BCUT2D eigenvalue weighted by atomic mass is 32.2. The van der Waals surface area contributed by atoms with Crippen LogP contribution >= 0.6 is 11.8 Å². The molecule has 0 radical (unpaired) electrons. The normalized spacial score (nSPS) is 15.5. The lowest BCUT2D eigenvalue weighted by Gasteiger charge is -2.29. The van der Waals surface area contributed by atoms with Gasteiger partial charge < -0.3 is 5.11 Å². The van der Waals surface area contributed by atoms with Gasteiger partial charge >= 0.3 is 6.18 Å². The van der Waals surface area contributed by atoms with E-state index in [1.807, 2.05) is 12.2 Å². The maximum Gasteiger partial charge on any atom is 0.433 e. The Bertz CT molecular complexity index is 1420. The number of anilines is 1. The fourth-order valence-corrected chi connectivity index (χ4v) is 6.16. The number of thioether (sulfide) groups is 1. The summed E-state index contributed by atoms with van der Waals surface area (Å²) in [6.45, 7) is 1.66. The molecule has 0 bridgehead atoms. The van der Waals surface area contributed by atoms with Crippen LogP contribution in [-0.4, -0.2) is 32.0 Å². The Morgan fingerprint density at radius 2 is 1.67 bits per heavy atom. The van der Waals surface area contributed by atoms with Gasteiger partial charge in [-0.05, 0) is 80.0 Å². The molecule has 36 heavy (non-hydrogen) atoms. The minimum Gasteiger partial charge on any atom is -0.366 e. The minimum absolute atomic E-state index is 0.0482. The van der Waals surface area contributed by atoms with Crippen LogP contribution in [0.4, 0.5) is 18.9 Å². The fourth-order valence-electron chi connectivity index (χ4n) is 3.82. The molecule has 0 spiro atoms. The predicted octanol–water partition coefficient (Wildman–Crippen LogP) is 5.88. The van der Waals surface area contributed by atoms with E-state index in [1.54, 1.807) is 49.4 Å². The highest BCUT2D eigenvalue weighted by Gasteiger charge is 2.54. The highest BCUT2D eigenvalue weighted by Crippen LogP contribution is 2.42. The lowest BCUT2D eigenvalue weighted by molar-refractivity contribution is -0.240. The van der Waals surface area contributed by atoms with E-state index < -0.39 is 27.4 Å². The zero-order valence-corrected chi connectivity index (χ0v) is 21.2. The molecule has 1 fully saturated rings. The molecular formula is C27H24F3NO3S2. The average Bonchev–Trinajstić information content (AvgIpc) is 3.67. The first kappa shape index (κ1) is 26.1. The Balaban J connectivity index is 1.79. The highest BCUT2D eigenvalue weighted by molar-refractivity contribution is 7.98. The molecule has 3 aromatic rings. The third-order valence-corrected chi connectivity index (χ3v) is 8.70. The van der Waals surface area contributed by atoms with Crippen LogP contribution in [0.5, 0.6) is 0 Å². The smallest absolute Gasteiger partial charge is 0.366 e. The summed E-state index contributed by atoms with van der Waals surface area (Å²) in [6.07, 6.45) is -2.08. The monoisotopic (exact) mass is 531 g/mol. The summed E-state index contributed by atoms with van der Waals surface area (Å²) < 4.78 is 70.8. The standard InChI is InChI=1S/C27H24F3NO3S2/c1-19-6-3-4-9-25(19)36(33,34)31(22-12-13-22)23-8-5-7-21(18-23)26(32,27(28,29)30)17-16-20-10-14-24(35-2)15-11-20/h3-11,14-15,18,22,32H,12-13H2,1-2H3. The minimum atomic E-state index is -5.13. The van der Waals surface area contributed by atoms with E-state index in [4.69, 9.17) is 0 Å². The molecule has 1 aliphatic carbocycles.